The topological polar surface area (TPSA) is 54.5 Å². The molecule has 3 rings (SSSR count). The van der Waals surface area contributed by atoms with Crippen LogP contribution in [0.3, 0.4) is 0 Å². The van der Waals surface area contributed by atoms with Crippen LogP contribution >= 0.6 is 11.3 Å². The number of nitrogens with zero attached hydrogens (tertiary/aromatic N) is 2. The molecular weight excluding hydrogens is 308 g/mol. The van der Waals surface area contributed by atoms with Gasteiger partial charge in [-0.1, -0.05) is 6.07 Å². The van der Waals surface area contributed by atoms with Crippen LogP contribution in [0.25, 0.3) is 22.2 Å². The molecular formula is C18H14N2O2S. The van der Waals surface area contributed by atoms with E-state index in [2.05, 4.69) is 0 Å². The number of fused-ring (bicyclic) bond motifs is 1. The summed E-state index contributed by atoms with van der Waals surface area (Å²) in [5, 5.41) is 8.64. The molecule has 0 radical (unpaired) electrons. The van der Waals surface area contributed by atoms with E-state index in [1.807, 2.05) is 53.1 Å². The molecule has 0 fully saturated rings. The first kappa shape index (κ1) is 15.1. The zero-order valence-electron chi connectivity index (χ0n) is 12.5. The lowest BCUT2D eigenvalue weighted by molar-refractivity contribution is 0.0527. The fraction of sp³-hybridized carbons (Fsp3) is 0.111. The highest BCUT2D eigenvalue weighted by molar-refractivity contribution is 7.16. The van der Waals surface area contributed by atoms with E-state index in [4.69, 9.17) is 10.00 Å². The Morgan fingerprint density at radius 3 is 3.04 bits per heavy atom. The van der Waals surface area contributed by atoms with E-state index < -0.39 is 0 Å². The third-order valence-corrected chi connectivity index (χ3v) is 4.41. The van der Waals surface area contributed by atoms with Gasteiger partial charge in [-0.2, -0.15) is 5.26 Å². The lowest BCUT2D eigenvalue weighted by Gasteiger charge is -2.04. The molecule has 0 aliphatic heterocycles. The van der Waals surface area contributed by atoms with E-state index in [9.17, 15) is 4.79 Å². The van der Waals surface area contributed by atoms with Crippen molar-refractivity contribution in [3.05, 3.63) is 59.1 Å². The number of allylic oxidation sites excluding steroid dienone is 1. The highest BCUT2D eigenvalue weighted by Crippen LogP contribution is 2.34. The Labute approximate surface area is 137 Å². The Balaban J connectivity index is 2.16. The van der Waals surface area contributed by atoms with Crippen molar-refractivity contribution in [2.45, 2.75) is 6.92 Å². The largest absolute Gasteiger partial charge is 0.462 e. The second-order valence-electron chi connectivity index (χ2n) is 4.79. The molecule has 3 aromatic heterocycles. The maximum atomic E-state index is 12.3. The number of esters is 1. The molecule has 23 heavy (non-hydrogen) atoms. The fourth-order valence-electron chi connectivity index (χ4n) is 2.43. The molecule has 5 heteroatoms. The number of hydrogen-bond donors (Lipinski definition) is 0. The van der Waals surface area contributed by atoms with Crippen LogP contribution in [0.2, 0.25) is 0 Å². The van der Waals surface area contributed by atoms with Crippen LogP contribution < -0.4 is 0 Å². The van der Waals surface area contributed by atoms with Crippen molar-refractivity contribution >= 4 is 28.9 Å². The number of nitriles is 1. The Kier molecular flexibility index (Phi) is 4.26. The average Bonchev–Trinajstić information content (AvgIpc) is 3.17. The van der Waals surface area contributed by atoms with Gasteiger partial charge >= 0.3 is 5.97 Å². The number of carbonyl (C=O) groups excluding carboxylic acids is 1. The van der Waals surface area contributed by atoms with Crippen molar-refractivity contribution in [1.29, 1.82) is 5.26 Å². The predicted octanol–water partition coefficient (Wildman–Crippen LogP) is 4.38. The summed E-state index contributed by atoms with van der Waals surface area (Å²) in [7, 11) is 0. The third kappa shape index (κ3) is 2.89. The first-order valence-electron chi connectivity index (χ1n) is 7.18. The van der Waals surface area contributed by atoms with Crippen molar-refractivity contribution in [2.24, 2.45) is 0 Å². The van der Waals surface area contributed by atoms with Gasteiger partial charge in [0.05, 0.1) is 28.8 Å². The monoisotopic (exact) mass is 322 g/mol. The number of aromatic nitrogens is 1. The second kappa shape index (κ2) is 6.51. The van der Waals surface area contributed by atoms with Gasteiger partial charge in [-0.3, -0.25) is 0 Å². The first-order chi connectivity index (χ1) is 11.2. The zero-order chi connectivity index (χ0) is 16.2. The molecule has 114 valence electrons. The van der Waals surface area contributed by atoms with E-state index in [0.29, 0.717) is 12.2 Å². The number of ether oxygens (including phenoxy) is 1. The van der Waals surface area contributed by atoms with Crippen LogP contribution in [0.5, 0.6) is 0 Å². The molecule has 0 amide bonds. The highest BCUT2D eigenvalue weighted by Gasteiger charge is 2.20. The van der Waals surface area contributed by atoms with E-state index in [-0.39, 0.29) is 5.97 Å². The van der Waals surface area contributed by atoms with Gasteiger partial charge in [0.15, 0.2) is 0 Å². The van der Waals surface area contributed by atoms with Gasteiger partial charge in [0.1, 0.15) is 0 Å². The second-order valence-corrected chi connectivity index (χ2v) is 5.90. The lowest BCUT2D eigenvalue weighted by atomic mass is 10.2. The van der Waals surface area contributed by atoms with Crippen LogP contribution in [-0.2, 0) is 4.74 Å². The molecule has 4 nitrogen and oxygen atoms in total. The predicted molar refractivity (Wildman–Crippen MR) is 91.3 cm³/mol. The number of rotatable bonds is 4. The molecule has 0 unspecified atom stereocenters. The normalized spacial score (nSPS) is 11.0. The van der Waals surface area contributed by atoms with Gasteiger partial charge in [0.2, 0.25) is 0 Å². The standard InChI is InChI=1S/C18H14N2O2S/c1-2-22-18(21)15-12-13-6-3-4-11-20(13)17(15)16-9-8-14(23-16)7-5-10-19/h3-9,11-12H,2H2,1H3/b7-5-. The van der Waals surface area contributed by atoms with Gasteiger partial charge in [0.25, 0.3) is 0 Å². The van der Waals surface area contributed by atoms with Crippen LogP contribution in [0.1, 0.15) is 22.2 Å². The molecule has 0 saturated carbocycles. The van der Waals surface area contributed by atoms with E-state index in [1.54, 1.807) is 13.0 Å². The minimum atomic E-state index is -0.325. The molecule has 0 N–H and O–H groups in total. The van der Waals surface area contributed by atoms with Crippen LogP contribution in [0.15, 0.2) is 48.7 Å². The summed E-state index contributed by atoms with van der Waals surface area (Å²) >= 11 is 1.53. The van der Waals surface area contributed by atoms with Crippen LogP contribution in [0.4, 0.5) is 0 Å². The quantitative estimate of drug-likeness (QED) is 0.529. The number of pyridine rings is 1. The Morgan fingerprint density at radius 1 is 1.39 bits per heavy atom. The summed E-state index contributed by atoms with van der Waals surface area (Å²) in [6.07, 6.45) is 5.13. The molecule has 0 bridgehead atoms. The van der Waals surface area contributed by atoms with Crippen molar-refractivity contribution < 1.29 is 9.53 Å². The molecule has 0 aromatic carbocycles. The minimum Gasteiger partial charge on any atom is -0.462 e. The maximum absolute atomic E-state index is 12.3. The molecule has 3 aromatic rings. The smallest absolute Gasteiger partial charge is 0.340 e. The Hall–Kier alpha value is -2.84. The molecule has 3 heterocycles. The number of carbonyl (C=O) groups is 1. The molecule has 0 saturated heterocycles. The summed E-state index contributed by atoms with van der Waals surface area (Å²) in [4.78, 5) is 14.2. The van der Waals surface area contributed by atoms with E-state index in [0.717, 1.165) is 21.0 Å². The van der Waals surface area contributed by atoms with Crippen LogP contribution in [-0.4, -0.2) is 17.0 Å². The fourth-order valence-corrected chi connectivity index (χ4v) is 3.40. The summed E-state index contributed by atoms with van der Waals surface area (Å²) < 4.78 is 7.17. The van der Waals surface area contributed by atoms with Crippen molar-refractivity contribution in [3.63, 3.8) is 0 Å². The summed E-state index contributed by atoms with van der Waals surface area (Å²) in [5.74, 6) is -0.325. The molecule has 0 aliphatic carbocycles. The van der Waals surface area contributed by atoms with Crippen molar-refractivity contribution in [1.82, 2.24) is 4.40 Å². The zero-order valence-corrected chi connectivity index (χ0v) is 13.3. The van der Waals surface area contributed by atoms with E-state index in [1.165, 1.54) is 17.4 Å². The SMILES string of the molecule is CCOC(=O)c1cc2ccccn2c1-c1ccc(/C=C\C#N)s1. The van der Waals surface area contributed by atoms with Crippen LogP contribution in [0, 0.1) is 11.3 Å². The summed E-state index contributed by atoms with van der Waals surface area (Å²) in [6.45, 7) is 2.13. The Morgan fingerprint density at radius 2 is 2.26 bits per heavy atom. The number of hydrogen-bond acceptors (Lipinski definition) is 4. The molecule has 0 atom stereocenters. The van der Waals surface area contributed by atoms with E-state index >= 15 is 0 Å². The van der Waals surface area contributed by atoms with Gasteiger partial charge < -0.3 is 9.14 Å². The maximum Gasteiger partial charge on any atom is 0.340 e. The number of thiophene rings is 1. The Bertz CT molecular complexity index is 928. The minimum absolute atomic E-state index is 0.325. The highest BCUT2D eigenvalue weighted by atomic mass is 32.1. The van der Waals surface area contributed by atoms with Gasteiger partial charge in [-0.05, 0) is 43.3 Å². The average molecular weight is 322 g/mol. The van der Waals surface area contributed by atoms with Gasteiger partial charge in [-0.15, -0.1) is 11.3 Å². The summed E-state index contributed by atoms with van der Waals surface area (Å²) in [5.41, 5.74) is 2.31. The first-order valence-corrected chi connectivity index (χ1v) is 8.00. The summed E-state index contributed by atoms with van der Waals surface area (Å²) in [6, 6.07) is 13.5. The van der Waals surface area contributed by atoms with Crippen molar-refractivity contribution in [2.75, 3.05) is 6.61 Å². The van der Waals surface area contributed by atoms with Crippen molar-refractivity contribution in [3.8, 4) is 16.6 Å². The third-order valence-electron chi connectivity index (χ3n) is 3.36. The van der Waals surface area contributed by atoms with Gasteiger partial charge in [0, 0.05) is 22.7 Å². The molecule has 0 aliphatic rings. The van der Waals surface area contributed by atoms with Gasteiger partial charge in [-0.25, -0.2) is 4.79 Å². The molecule has 0 spiro atoms. The lowest BCUT2D eigenvalue weighted by Crippen LogP contribution is -2.05.